The Morgan fingerprint density at radius 3 is 2.57 bits per heavy atom. The summed E-state index contributed by atoms with van der Waals surface area (Å²) in [5, 5.41) is 0. The first kappa shape index (κ1) is 10.9. The van der Waals surface area contributed by atoms with E-state index in [9.17, 15) is 9.18 Å². The van der Waals surface area contributed by atoms with Crippen molar-refractivity contribution in [3.63, 3.8) is 0 Å². The van der Waals surface area contributed by atoms with Crippen LogP contribution in [0.2, 0.25) is 0 Å². The van der Waals surface area contributed by atoms with Crippen LogP contribution in [0.1, 0.15) is 24.2 Å². The van der Waals surface area contributed by atoms with Gasteiger partial charge in [0.15, 0.2) is 5.78 Å². The van der Waals surface area contributed by atoms with Crippen molar-refractivity contribution in [2.45, 2.75) is 19.4 Å². The normalized spacial score (nSPS) is 11.4. The third kappa shape index (κ3) is 2.17. The standard InChI is InChI=1S/C11H13FO2/c1-11(2,14-3)10(13)8-5-4-6-9(12)7-8/h4-7H,1-3H3. The van der Waals surface area contributed by atoms with Crippen LogP contribution in [0.15, 0.2) is 24.3 Å². The fraction of sp³-hybridized carbons (Fsp3) is 0.364. The molecule has 0 radical (unpaired) electrons. The topological polar surface area (TPSA) is 26.3 Å². The molecule has 76 valence electrons. The summed E-state index contributed by atoms with van der Waals surface area (Å²) in [5.41, 5.74) is -0.579. The number of ether oxygens (including phenoxy) is 1. The van der Waals surface area contributed by atoms with E-state index in [0.717, 1.165) is 0 Å². The number of carbonyl (C=O) groups is 1. The van der Waals surface area contributed by atoms with Crippen molar-refractivity contribution < 1.29 is 13.9 Å². The highest BCUT2D eigenvalue weighted by molar-refractivity contribution is 6.01. The molecule has 0 aliphatic heterocycles. The van der Waals surface area contributed by atoms with Crippen LogP contribution >= 0.6 is 0 Å². The molecule has 0 amide bonds. The van der Waals surface area contributed by atoms with Gasteiger partial charge in [-0.3, -0.25) is 4.79 Å². The maximum Gasteiger partial charge on any atom is 0.194 e. The van der Waals surface area contributed by atoms with Gasteiger partial charge in [0.05, 0.1) is 0 Å². The zero-order valence-corrected chi connectivity index (χ0v) is 8.50. The van der Waals surface area contributed by atoms with Gasteiger partial charge < -0.3 is 4.74 Å². The van der Waals surface area contributed by atoms with Crippen LogP contribution in [0.5, 0.6) is 0 Å². The van der Waals surface area contributed by atoms with Crippen LogP contribution in [0, 0.1) is 5.82 Å². The number of carbonyl (C=O) groups excluding carboxylic acids is 1. The van der Waals surface area contributed by atoms with Gasteiger partial charge in [0, 0.05) is 12.7 Å². The molecule has 0 N–H and O–H groups in total. The van der Waals surface area contributed by atoms with Gasteiger partial charge in [0.25, 0.3) is 0 Å². The van der Waals surface area contributed by atoms with Crippen molar-refractivity contribution in [1.82, 2.24) is 0 Å². The minimum atomic E-state index is -0.909. The van der Waals surface area contributed by atoms with Crippen molar-refractivity contribution >= 4 is 5.78 Å². The molecular weight excluding hydrogens is 183 g/mol. The van der Waals surface area contributed by atoms with Crippen LogP contribution < -0.4 is 0 Å². The summed E-state index contributed by atoms with van der Waals surface area (Å²) in [6.07, 6.45) is 0. The second-order valence-electron chi connectivity index (χ2n) is 3.55. The Kier molecular flexibility index (Phi) is 3.01. The molecule has 0 aromatic heterocycles. The van der Waals surface area contributed by atoms with E-state index < -0.39 is 11.4 Å². The van der Waals surface area contributed by atoms with Gasteiger partial charge in [-0.1, -0.05) is 12.1 Å². The third-order valence-electron chi connectivity index (χ3n) is 2.14. The summed E-state index contributed by atoms with van der Waals surface area (Å²) in [4.78, 5) is 11.8. The van der Waals surface area contributed by atoms with E-state index in [1.54, 1.807) is 19.9 Å². The zero-order valence-electron chi connectivity index (χ0n) is 8.50. The van der Waals surface area contributed by atoms with Crippen molar-refractivity contribution in [3.8, 4) is 0 Å². The maximum absolute atomic E-state index is 12.8. The fourth-order valence-corrected chi connectivity index (χ4v) is 1.07. The second kappa shape index (κ2) is 3.88. The Balaban J connectivity index is 3.01. The highest BCUT2D eigenvalue weighted by Gasteiger charge is 2.28. The Labute approximate surface area is 82.7 Å². The fourth-order valence-electron chi connectivity index (χ4n) is 1.07. The first-order valence-corrected chi connectivity index (χ1v) is 4.33. The van der Waals surface area contributed by atoms with E-state index in [4.69, 9.17) is 4.74 Å². The number of methoxy groups -OCH3 is 1. The molecule has 0 saturated heterocycles. The molecule has 0 aliphatic rings. The highest BCUT2D eigenvalue weighted by Crippen LogP contribution is 2.16. The van der Waals surface area contributed by atoms with Gasteiger partial charge >= 0.3 is 0 Å². The predicted molar refractivity (Wildman–Crippen MR) is 51.8 cm³/mol. The summed E-state index contributed by atoms with van der Waals surface area (Å²) < 4.78 is 17.8. The largest absolute Gasteiger partial charge is 0.371 e. The summed E-state index contributed by atoms with van der Waals surface area (Å²) in [6.45, 7) is 3.31. The van der Waals surface area contributed by atoms with E-state index in [2.05, 4.69) is 0 Å². The van der Waals surface area contributed by atoms with E-state index in [1.165, 1.54) is 25.3 Å². The molecule has 1 aromatic carbocycles. The van der Waals surface area contributed by atoms with Crippen LogP contribution in [-0.2, 0) is 4.74 Å². The lowest BCUT2D eigenvalue weighted by atomic mass is 9.96. The molecular formula is C11H13FO2. The molecule has 0 unspecified atom stereocenters. The van der Waals surface area contributed by atoms with Gasteiger partial charge in [-0.05, 0) is 26.0 Å². The molecule has 0 saturated carbocycles. The molecule has 1 rings (SSSR count). The number of hydrogen-bond acceptors (Lipinski definition) is 2. The lowest BCUT2D eigenvalue weighted by Gasteiger charge is -2.20. The first-order valence-electron chi connectivity index (χ1n) is 4.33. The van der Waals surface area contributed by atoms with Crippen molar-refractivity contribution in [1.29, 1.82) is 0 Å². The summed E-state index contributed by atoms with van der Waals surface area (Å²) in [7, 11) is 1.46. The highest BCUT2D eigenvalue weighted by atomic mass is 19.1. The van der Waals surface area contributed by atoms with E-state index in [-0.39, 0.29) is 5.78 Å². The first-order chi connectivity index (χ1) is 6.47. The third-order valence-corrected chi connectivity index (χ3v) is 2.14. The van der Waals surface area contributed by atoms with Crippen molar-refractivity contribution in [2.24, 2.45) is 0 Å². The number of halogens is 1. The lowest BCUT2D eigenvalue weighted by Crippen LogP contribution is -2.33. The quantitative estimate of drug-likeness (QED) is 0.694. The number of benzene rings is 1. The molecule has 0 heterocycles. The van der Waals surface area contributed by atoms with Crippen LogP contribution in [-0.4, -0.2) is 18.5 Å². The number of rotatable bonds is 3. The summed E-state index contributed by atoms with van der Waals surface area (Å²) in [6, 6.07) is 5.60. The number of hydrogen-bond donors (Lipinski definition) is 0. The smallest absolute Gasteiger partial charge is 0.194 e. The van der Waals surface area contributed by atoms with E-state index in [0.29, 0.717) is 5.56 Å². The molecule has 0 aliphatic carbocycles. The second-order valence-corrected chi connectivity index (χ2v) is 3.55. The Hall–Kier alpha value is -1.22. The molecule has 0 bridgehead atoms. The summed E-state index contributed by atoms with van der Waals surface area (Å²) in [5.74, 6) is -0.637. The lowest BCUT2D eigenvalue weighted by molar-refractivity contribution is 0.0228. The number of ketones is 1. The monoisotopic (exact) mass is 196 g/mol. The molecule has 0 spiro atoms. The van der Waals surface area contributed by atoms with Crippen molar-refractivity contribution in [2.75, 3.05) is 7.11 Å². The Morgan fingerprint density at radius 1 is 1.43 bits per heavy atom. The molecule has 2 nitrogen and oxygen atoms in total. The van der Waals surface area contributed by atoms with Gasteiger partial charge in [-0.25, -0.2) is 4.39 Å². The van der Waals surface area contributed by atoms with Crippen molar-refractivity contribution in [3.05, 3.63) is 35.6 Å². The average molecular weight is 196 g/mol. The number of Topliss-reactive ketones (excluding diaryl/α,β-unsaturated/α-hetero) is 1. The minimum absolute atomic E-state index is 0.223. The minimum Gasteiger partial charge on any atom is -0.371 e. The zero-order chi connectivity index (χ0) is 10.8. The van der Waals surface area contributed by atoms with Crippen LogP contribution in [0.4, 0.5) is 4.39 Å². The van der Waals surface area contributed by atoms with Gasteiger partial charge in [0.2, 0.25) is 0 Å². The SMILES string of the molecule is COC(C)(C)C(=O)c1cccc(F)c1. The van der Waals surface area contributed by atoms with Gasteiger partial charge in [0.1, 0.15) is 11.4 Å². The Morgan fingerprint density at radius 2 is 2.07 bits per heavy atom. The average Bonchev–Trinajstić information content (AvgIpc) is 2.16. The molecule has 3 heteroatoms. The predicted octanol–water partition coefficient (Wildman–Crippen LogP) is 2.43. The maximum atomic E-state index is 12.8. The van der Waals surface area contributed by atoms with E-state index in [1.807, 2.05) is 0 Å². The molecule has 0 fully saturated rings. The molecule has 1 aromatic rings. The van der Waals surface area contributed by atoms with Crippen LogP contribution in [0.3, 0.4) is 0 Å². The van der Waals surface area contributed by atoms with Gasteiger partial charge in [-0.2, -0.15) is 0 Å². The molecule has 14 heavy (non-hydrogen) atoms. The van der Waals surface area contributed by atoms with E-state index >= 15 is 0 Å². The summed E-state index contributed by atoms with van der Waals surface area (Å²) >= 11 is 0. The van der Waals surface area contributed by atoms with Gasteiger partial charge in [-0.15, -0.1) is 0 Å². The van der Waals surface area contributed by atoms with Crippen LogP contribution in [0.25, 0.3) is 0 Å². The molecule has 0 atom stereocenters. The Bertz CT molecular complexity index is 345.